The highest BCUT2D eigenvalue weighted by molar-refractivity contribution is 7.89. The number of hydrogen-bond donors (Lipinski definition) is 2. The zero-order valence-electron chi connectivity index (χ0n) is 16.1. The van der Waals surface area contributed by atoms with E-state index in [1.54, 1.807) is 20.0 Å². The van der Waals surface area contributed by atoms with Crippen LogP contribution in [0.15, 0.2) is 24.4 Å². The number of nitrogens with one attached hydrogen (secondary N) is 2. The molecule has 0 aromatic carbocycles. The fourth-order valence-corrected chi connectivity index (χ4v) is 4.87. The number of carbonyl (C=O) groups is 2. The number of rotatable bonds is 6. The topological polar surface area (TPSA) is 118 Å². The molecule has 0 bridgehead atoms. The van der Waals surface area contributed by atoms with E-state index < -0.39 is 38.6 Å². The van der Waals surface area contributed by atoms with Gasteiger partial charge in [-0.25, -0.2) is 8.42 Å². The Bertz CT molecular complexity index is 830. The van der Waals surface area contributed by atoms with Crippen LogP contribution in [0.4, 0.5) is 0 Å². The fraction of sp³-hybridized carbons (Fsp3) is 0.611. The molecule has 2 amide bonds. The number of pyridine rings is 1. The summed E-state index contributed by atoms with van der Waals surface area (Å²) in [5, 5.41) is 4.86. The second kappa shape index (κ2) is 8.14. The van der Waals surface area contributed by atoms with Crippen LogP contribution in [0, 0.1) is 5.92 Å². The predicted octanol–water partition coefficient (Wildman–Crippen LogP) is -0.704. The number of ether oxygens (including phenoxy) is 1. The van der Waals surface area contributed by atoms with E-state index >= 15 is 0 Å². The van der Waals surface area contributed by atoms with Crippen molar-refractivity contribution >= 4 is 21.8 Å². The van der Waals surface area contributed by atoms with Gasteiger partial charge in [-0.05, 0) is 26.0 Å². The zero-order valence-corrected chi connectivity index (χ0v) is 16.9. The standard InChI is InChI=1S/C18H26N4O5S/c1-13(2)28(25,26)22-11-15(18(12-22)17(24)21-9-10-27-18)16(23)20-8-6-14-5-3-4-7-19-14/h3-5,7,13,15H,6,8-12H2,1-2H3,(H,20,23)(H,21,24)/t15-,18-/m1/s1. The molecule has 28 heavy (non-hydrogen) atoms. The van der Waals surface area contributed by atoms with E-state index in [2.05, 4.69) is 15.6 Å². The highest BCUT2D eigenvalue weighted by atomic mass is 32.2. The van der Waals surface area contributed by atoms with E-state index in [1.807, 2.05) is 18.2 Å². The quantitative estimate of drug-likeness (QED) is 0.640. The lowest BCUT2D eigenvalue weighted by Gasteiger charge is -2.36. The maximum absolute atomic E-state index is 12.9. The molecular formula is C18H26N4O5S. The molecule has 9 nitrogen and oxygen atoms in total. The highest BCUT2D eigenvalue weighted by Gasteiger charge is 2.59. The van der Waals surface area contributed by atoms with Crippen molar-refractivity contribution in [1.82, 2.24) is 19.9 Å². The molecule has 0 unspecified atom stereocenters. The molecule has 1 aromatic heterocycles. The summed E-state index contributed by atoms with van der Waals surface area (Å²) in [6, 6.07) is 5.54. The molecule has 10 heteroatoms. The minimum atomic E-state index is -3.62. The minimum Gasteiger partial charge on any atom is -0.361 e. The van der Waals surface area contributed by atoms with Gasteiger partial charge in [0.1, 0.15) is 0 Å². The molecule has 3 heterocycles. The molecule has 2 aliphatic rings. The van der Waals surface area contributed by atoms with Crippen LogP contribution >= 0.6 is 0 Å². The maximum Gasteiger partial charge on any atom is 0.254 e. The van der Waals surface area contributed by atoms with Gasteiger partial charge in [0.05, 0.1) is 24.3 Å². The molecule has 1 spiro atoms. The Kier molecular flexibility index (Phi) is 6.01. The van der Waals surface area contributed by atoms with Crippen molar-refractivity contribution in [2.45, 2.75) is 31.1 Å². The number of carbonyl (C=O) groups excluding carboxylic acids is 2. The van der Waals surface area contributed by atoms with E-state index in [9.17, 15) is 18.0 Å². The molecule has 2 aliphatic heterocycles. The number of morpholine rings is 1. The number of aromatic nitrogens is 1. The summed E-state index contributed by atoms with van der Waals surface area (Å²) in [6.45, 7) is 3.82. The molecule has 2 atom stereocenters. The lowest BCUT2D eigenvalue weighted by molar-refractivity contribution is -0.163. The van der Waals surface area contributed by atoms with Crippen LogP contribution in [-0.4, -0.2) is 73.2 Å². The van der Waals surface area contributed by atoms with Gasteiger partial charge in [0, 0.05) is 37.9 Å². The molecule has 2 saturated heterocycles. The summed E-state index contributed by atoms with van der Waals surface area (Å²) in [4.78, 5) is 29.7. The van der Waals surface area contributed by atoms with E-state index in [-0.39, 0.29) is 19.7 Å². The molecule has 2 N–H and O–H groups in total. The molecule has 154 valence electrons. The summed E-state index contributed by atoms with van der Waals surface area (Å²) in [7, 11) is -3.62. The Hall–Kier alpha value is -2.04. The number of nitrogens with zero attached hydrogens (tertiary/aromatic N) is 2. The molecular weight excluding hydrogens is 384 g/mol. The number of sulfonamides is 1. The van der Waals surface area contributed by atoms with Gasteiger partial charge < -0.3 is 15.4 Å². The van der Waals surface area contributed by atoms with Crippen molar-refractivity contribution in [2.75, 3.05) is 32.8 Å². The van der Waals surface area contributed by atoms with Crippen LogP contribution in [0.2, 0.25) is 0 Å². The Morgan fingerprint density at radius 1 is 1.46 bits per heavy atom. The fourth-order valence-electron chi connectivity index (χ4n) is 3.55. The SMILES string of the molecule is CC(C)S(=O)(=O)N1C[C@H](C(=O)NCCc2ccccn2)[C@@]2(C1)OCCNC2=O. The summed E-state index contributed by atoms with van der Waals surface area (Å²) in [5.74, 6) is -1.75. The first-order valence-electron chi connectivity index (χ1n) is 9.36. The normalized spacial score (nSPS) is 25.8. The Morgan fingerprint density at radius 2 is 2.25 bits per heavy atom. The second-order valence-electron chi connectivity index (χ2n) is 7.29. The Balaban J connectivity index is 1.75. The van der Waals surface area contributed by atoms with Crippen molar-refractivity contribution in [2.24, 2.45) is 5.92 Å². The average molecular weight is 410 g/mol. The third-order valence-corrected chi connectivity index (χ3v) is 7.36. The van der Waals surface area contributed by atoms with Gasteiger partial charge in [0.25, 0.3) is 5.91 Å². The average Bonchev–Trinajstić information content (AvgIpc) is 3.06. The highest BCUT2D eigenvalue weighted by Crippen LogP contribution is 2.35. The van der Waals surface area contributed by atoms with Crippen LogP contribution in [-0.2, 0) is 30.8 Å². The summed E-state index contributed by atoms with van der Waals surface area (Å²) >= 11 is 0. The summed E-state index contributed by atoms with van der Waals surface area (Å²) in [5.41, 5.74) is -0.658. The van der Waals surface area contributed by atoms with Crippen LogP contribution in [0.25, 0.3) is 0 Å². The first-order chi connectivity index (χ1) is 13.3. The van der Waals surface area contributed by atoms with Gasteiger partial charge in [-0.3, -0.25) is 14.6 Å². The smallest absolute Gasteiger partial charge is 0.254 e. The van der Waals surface area contributed by atoms with Gasteiger partial charge >= 0.3 is 0 Å². The summed E-state index contributed by atoms with van der Waals surface area (Å²) < 4.78 is 32.2. The van der Waals surface area contributed by atoms with Crippen LogP contribution < -0.4 is 10.6 Å². The minimum absolute atomic E-state index is 0.0800. The first kappa shape index (κ1) is 20.7. The molecule has 0 aliphatic carbocycles. The second-order valence-corrected chi connectivity index (χ2v) is 9.78. The first-order valence-corrected chi connectivity index (χ1v) is 10.9. The molecule has 0 radical (unpaired) electrons. The van der Waals surface area contributed by atoms with E-state index in [0.29, 0.717) is 19.5 Å². The number of hydrogen-bond acceptors (Lipinski definition) is 6. The molecule has 0 saturated carbocycles. The van der Waals surface area contributed by atoms with Crippen LogP contribution in [0.3, 0.4) is 0 Å². The zero-order chi connectivity index (χ0) is 20.4. The molecule has 2 fully saturated rings. The lowest BCUT2D eigenvalue weighted by Crippen LogP contribution is -2.62. The molecule has 3 rings (SSSR count). The molecule has 1 aromatic rings. The predicted molar refractivity (Wildman–Crippen MR) is 102 cm³/mol. The Morgan fingerprint density at radius 3 is 2.89 bits per heavy atom. The largest absolute Gasteiger partial charge is 0.361 e. The number of amides is 2. The lowest BCUT2D eigenvalue weighted by atomic mass is 9.87. The maximum atomic E-state index is 12.9. The van der Waals surface area contributed by atoms with Gasteiger partial charge in [-0.15, -0.1) is 0 Å². The van der Waals surface area contributed by atoms with Crippen LogP contribution in [0.1, 0.15) is 19.5 Å². The van der Waals surface area contributed by atoms with Gasteiger partial charge in [-0.2, -0.15) is 4.31 Å². The van der Waals surface area contributed by atoms with E-state index in [4.69, 9.17) is 4.74 Å². The third-order valence-electron chi connectivity index (χ3n) is 5.17. The van der Waals surface area contributed by atoms with E-state index in [1.165, 1.54) is 4.31 Å². The van der Waals surface area contributed by atoms with E-state index in [0.717, 1.165) is 5.69 Å². The van der Waals surface area contributed by atoms with Gasteiger partial charge in [0.15, 0.2) is 5.60 Å². The third kappa shape index (κ3) is 3.89. The van der Waals surface area contributed by atoms with Gasteiger partial charge in [0.2, 0.25) is 15.9 Å². The summed E-state index contributed by atoms with van der Waals surface area (Å²) in [6.07, 6.45) is 2.21. The van der Waals surface area contributed by atoms with Crippen molar-refractivity contribution in [3.8, 4) is 0 Å². The Labute approximate surface area is 164 Å². The van der Waals surface area contributed by atoms with Crippen molar-refractivity contribution in [3.05, 3.63) is 30.1 Å². The van der Waals surface area contributed by atoms with Crippen molar-refractivity contribution in [1.29, 1.82) is 0 Å². The van der Waals surface area contributed by atoms with Crippen LogP contribution in [0.5, 0.6) is 0 Å². The monoisotopic (exact) mass is 410 g/mol. The van der Waals surface area contributed by atoms with Crippen molar-refractivity contribution < 1.29 is 22.7 Å². The van der Waals surface area contributed by atoms with Crippen molar-refractivity contribution in [3.63, 3.8) is 0 Å². The van der Waals surface area contributed by atoms with Gasteiger partial charge in [-0.1, -0.05) is 6.07 Å².